The van der Waals surface area contributed by atoms with Crippen molar-refractivity contribution in [2.24, 2.45) is 11.1 Å². The van der Waals surface area contributed by atoms with E-state index >= 15 is 0 Å². The molecule has 2 aromatic heterocycles. The molecule has 0 aliphatic heterocycles. The van der Waals surface area contributed by atoms with Crippen molar-refractivity contribution in [1.29, 1.82) is 0 Å². The number of anilines is 2. The molecule has 0 fully saturated rings. The Morgan fingerprint density at radius 3 is 2.81 bits per heavy atom. The highest BCUT2D eigenvalue weighted by Gasteiger charge is 2.25. The third-order valence-electron chi connectivity index (χ3n) is 3.22. The smallest absolute Gasteiger partial charge is 0.226 e. The minimum Gasteiger partial charge on any atom is -0.369 e. The van der Waals surface area contributed by atoms with E-state index in [1.807, 2.05) is 25.3 Å². The van der Waals surface area contributed by atoms with Gasteiger partial charge in [-0.1, -0.05) is 6.92 Å². The molecule has 114 valence electrons. The maximum absolute atomic E-state index is 11.4. The molecule has 0 aromatic carbocycles. The monoisotopic (exact) mass is 307 g/mol. The standard InChI is InChI=1S/C14H21N5OS/c1-4-6-16-13-18-10(9-5-7-21-11(9)19-13)17-8-14(2,3)12(15)20/h5,7H,4,6,8H2,1-3H3,(H2,15,20)(H2,16,17,18,19). The van der Waals surface area contributed by atoms with Crippen molar-refractivity contribution in [3.63, 3.8) is 0 Å². The topological polar surface area (TPSA) is 92.9 Å². The highest BCUT2D eigenvalue weighted by molar-refractivity contribution is 7.16. The van der Waals surface area contributed by atoms with Gasteiger partial charge in [0, 0.05) is 13.1 Å². The lowest BCUT2D eigenvalue weighted by molar-refractivity contribution is -0.125. The number of hydrogen-bond donors (Lipinski definition) is 3. The van der Waals surface area contributed by atoms with Gasteiger partial charge in [-0.05, 0) is 31.7 Å². The summed E-state index contributed by atoms with van der Waals surface area (Å²) < 4.78 is 0. The maximum atomic E-state index is 11.4. The van der Waals surface area contributed by atoms with Crippen LogP contribution in [0.3, 0.4) is 0 Å². The Balaban J connectivity index is 2.24. The minimum atomic E-state index is -0.635. The van der Waals surface area contributed by atoms with Crippen LogP contribution in [0, 0.1) is 5.41 Å². The molecular weight excluding hydrogens is 286 g/mol. The summed E-state index contributed by atoms with van der Waals surface area (Å²) >= 11 is 1.57. The van der Waals surface area contributed by atoms with Gasteiger partial charge >= 0.3 is 0 Å². The summed E-state index contributed by atoms with van der Waals surface area (Å²) in [6.45, 7) is 6.96. The fourth-order valence-corrected chi connectivity index (χ4v) is 2.46. The first-order valence-corrected chi connectivity index (χ1v) is 7.85. The molecule has 0 spiro atoms. The molecule has 0 atom stereocenters. The zero-order chi connectivity index (χ0) is 15.5. The lowest BCUT2D eigenvalue weighted by Crippen LogP contribution is -2.37. The maximum Gasteiger partial charge on any atom is 0.226 e. The lowest BCUT2D eigenvalue weighted by atomic mass is 9.93. The summed E-state index contributed by atoms with van der Waals surface area (Å²) in [4.78, 5) is 21.3. The number of rotatable bonds is 7. The van der Waals surface area contributed by atoms with Crippen LogP contribution in [-0.4, -0.2) is 29.0 Å². The van der Waals surface area contributed by atoms with Crippen LogP contribution < -0.4 is 16.4 Å². The summed E-state index contributed by atoms with van der Waals surface area (Å²) in [7, 11) is 0. The van der Waals surface area contributed by atoms with E-state index < -0.39 is 5.41 Å². The van der Waals surface area contributed by atoms with Crippen LogP contribution in [0.2, 0.25) is 0 Å². The summed E-state index contributed by atoms with van der Waals surface area (Å²) in [5.74, 6) is 0.996. The first kappa shape index (κ1) is 15.5. The van der Waals surface area contributed by atoms with Gasteiger partial charge in [-0.3, -0.25) is 4.79 Å². The zero-order valence-electron chi connectivity index (χ0n) is 12.6. The van der Waals surface area contributed by atoms with Gasteiger partial charge in [0.15, 0.2) is 0 Å². The molecule has 21 heavy (non-hydrogen) atoms. The minimum absolute atomic E-state index is 0.338. The molecule has 0 aliphatic rings. The van der Waals surface area contributed by atoms with E-state index in [1.54, 1.807) is 11.3 Å². The van der Waals surface area contributed by atoms with Gasteiger partial charge in [0.05, 0.1) is 10.8 Å². The average molecular weight is 307 g/mol. The predicted octanol–water partition coefficient (Wildman–Crippen LogP) is 2.44. The second kappa shape index (κ2) is 6.26. The van der Waals surface area contributed by atoms with E-state index in [-0.39, 0.29) is 5.91 Å². The van der Waals surface area contributed by atoms with E-state index in [1.165, 1.54) is 0 Å². The Morgan fingerprint density at radius 1 is 1.38 bits per heavy atom. The summed E-state index contributed by atoms with van der Waals surface area (Å²) in [6.07, 6.45) is 1.00. The molecule has 1 amide bonds. The molecule has 0 unspecified atom stereocenters. The Labute approximate surface area is 128 Å². The number of amides is 1. The SMILES string of the molecule is CCCNc1nc(NCC(C)(C)C(N)=O)c2ccsc2n1. The molecular formula is C14H21N5OS. The van der Waals surface area contributed by atoms with Gasteiger partial charge < -0.3 is 16.4 Å². The highest BCUT2D eigenvalue weighted by Crippen LogP contribution is 2.27. The molecule has 7 heteroatoms. The molecule has 2 aromatic rings. The molecule has 0 aliphatic carbocycles. The molecule has 0 saturated heterocycles. The number of fused-ring (bicyclic) bond motifs is 1. The van der Waals surface area contributed by atoms with Crippen molar-refractivity contribution in [3.05, 3.63) is 11.4 Å². The average Bonchev–Trinajstić information content (AvgIpc) is 2.90. The molecule has 2 heterocycles. The van der Waals surface area contributed by atoms with E-state index in [9.17, 15) is 4.79 Å². The molecule has 2 rings (SSSR count). The van der Waals surface area contributed by atoms with Crippen molar-refractivity contribution in [3.8, 4) is 0 Å². The summed E-state index contributed by atoms with van der Waals surface area (Å²) in [5, 5.41) is 9.36. The van der Waals surface area contributed by atoms with E-state index in [0.717, 1.165) is 29.0 Å². The number of carbonyl (C=O) groups excluding carboxylic acids is 1. The van der Waals surface area contributed by atoms with Gasteiger partial charge in [0.2, 0.25) is 11.9 Å². The summed E-state index contributed by atoms with van der Waals surface area (Å²) in [5.41, 5.74) is 4.77. The second-order valence-electron chi connectivity index (χ2n) is 5.56. The number of nitrogens with one attached hydrogen (secondary N) is 2. The van der Waals surface area contributed by atoms with Crippen LogP contribution in [0.1, 0.15) is 27.2 Å². The third kappa shape index (κ3) is 3.60. The summed E-state index contributed by atoms with van der Waals surface area (Å²) in [6, 6.07) is 1.98. The van der Waals surface area contributed by atoms with Crippen molar-refractivity contribution < 1.29 is 4.79 Å². The van der Waals surface area contributed by atoms with Gasteiger partial charge in [-0.15, -0.1) is 11.3 Å². The fraction of sp³-hybridized carbons (Fsp3) is 0.500. The predicted molar refractivity (Wildman–Crippen MR) is 87.7 cm³/mol. The highest BCUT2D eigenvalue weighted by atomic mass is 32.1. The number of hydrogen-bond acceptors (Lipinski definition) is 6. The third-order valence-corrected chi connectivity index (χ3v) is 4.03. The lowest BCUT2D eigenvalue weighted by Gasteiger charge is -2.21. The second-order valence-corrected chi connectivity index (χ2v) is 6.46. The number of nitrogens with two attached hydrogens (primary N) is 1. The largest absolute Gasteiger partial charge is 0.369 e. The van der Waals surface area contributed by atoms with Crippen LogP contribution in [0.15, 0.2) is 11.4 Å². The number of aromatic nitrogens is 2. The Hall–Kier alpha value is -1.89. The number of thiophene rings is 1. The van der Waals surface area contributed by atoms with Crippen LogP contribution >= 0.6 is 11.3 Å². The number of primary amides is 1. The molecule has 0 radical (unpaired) electrons. The first-order valence-electron chi connectivity index (χ1n) is 6.97. The van der Waals surface area contributed by atoms with Crippen molar-refractivity contribution >= 4 is 39.2 Å². The van der Waals surface area contributed by atoms with Crippen LogP contribution in [0.4, 0.5) is 11.8 Å². The van der Waals surface area contributed by atoms with Crippen molar-refractivity contribution in [2.45, 2.75) is 27.2 Å². The Morgan fingerprint density at radius 2 is 2.14 bits per heavy atom. The van der Waals surface area contributed by atoms with Crippen LogP contribution in [0.5, 0.6) is 0 Å². The normalized spacial score (nSPS) is 11.6. The Kier molecular flexibility index (Phi) is 4.62. The van der Waals surface area contributed by atoms with Gasteiger partial charge in [-0.25, -0.2) is 4.98 Å². The molecule has 0 bridgehead atoms. The zero-order valence-corrected chi connectivity index (χ0v) is 13.4. The molecule has 0 saturated carbocycles. The van der Waals surface area contributed by atoms with E-state index in [4.69, 9.17) is 5.73 Å². The molecule has 6 nitrogen and oxygen atoms in total. The van der Waals surface area contributed by atoms with Crippen LogP contribution in [-0.2, 0) is 4.79 Å². The fourth-order valence-electron chi connectivity index (χ4n) is 1.70. The number of carbonyl (C=O) groups is 1. The van der Waals surface area contributed by atoms with Crippen molar-refractivity contribution in [1.82, 2.24) is 9.97 Å². The van der Waals surface area contributed by atoms with Crippen molar-refractivity contribution in [2.75, 3.05) is 23.7 Å². The van der Waals surface area contributed by atoms with E-state index in [2.05, 4.69) is 27.5 Å². The van der Waals surface area contributed by atoms with E-state index in [0.29, 0.717) is 12.5 Å². The Bertz CT molecular complexity index is 637. The number of nitrogens with zero attached hydrogens (tertiary/aromatic N) is 2. The first-order chi connectivity index (χ1) is 9.94. The van der Waals surface area contributed by atoms with Crippen LogP contribution in [0.25, 0.3) is 10.2 Å². The quantitative estimate of drug-likeness (QED) is 0.730. The van der Waals surface area contributed by atoms with Gasteiger partial charge in [0.25, 0.3) is 0 Å². The van der Waals surface area contributed by atoms with Gasteiger partial charge in [-0.2, -0.15) is 4.98 Å². The van der Waals surface area contributed by atoms with Gasteiger partial charge in [0.1, 0.15) is 10.6 Å². The molecule has 4 N–H and O–H groups in total.